The number of benzene rings is 3. The molecule has 1 heterocycles. The van der Waals surface area contributed by atoms with E-state index in [9.17, 15) is 33.7 Å². The average molecular weight is 765 g/mol. The molecule has 0 spiro atoms. The van der Waals surface area contributed by atoms with Crippen molar-refractivity contribution in [2.45, 2.75) is 89.6 Å². The molecule has 0 fully saturated rings. The number of phenolic OH excluding ortho intramolecular Hbond substituents is 1. The van der Waals surface area contributed by atoms with E-state index < -0.39 is 43.3 Å². The van der Waals surface area contributed by atoms with E-state index in [4.69, 9.17) is 21.5 Å². The zero-order valence-electron chi connectivity index (χ0n) is 30.3. The molecule has 0 bridgehead atoms. The zero-order chi connectivity index (χ0) is 39.5. The summed E-state index contributed by atoms with van der Waals surface area (Å²) < 4.78 is 30.9. The van der Waals surface area contributed by atoms with Crippen molar-refractivity contribution in [1.82, 2.24) is 9.78 Å². The molecule has 17 heteroatoms. The van der Waals surface area contributed by atoms with Crippen LogP contribution in [0.25, 0.3) is 5.69 Å². The number of ether oxygens (including phenoxy) is 1. The Balaban J connectivity index is 1.68. The van der Waals surface area contributed by atoms with Crippen LogP contribution in [0.15, 0.2) is 69.9 Å². The number of rotatable bonds is 14. The van der Waals surface area contributed by atoms with Crippen LogP contribution in [0.1, 0.15) is 84.4 Å². The van der Waals surface area contributed by atoms with Crippen molar-refractivity contribution >= 4 is 50.4 Å². The molecule has 53 heavy (non-hydrogen) atoms. The van der Waals surface area contributed by atoms with Crippen molar-refractivity contribution in [3.05, 3.63) is 86.6 Å². The van der Waals surface area contributed by atoms with Gasteiger partial charge in [0, 0.05) is 11.6 Å². The Bertz CT molecular complexity index is 2240. The summed E-state index contributed by atoms with van der Waals surface area (Å²) in [5.74, 6) is -0.677. The summed E-state index contributed by atoms with van der Waals surface area (Å²) in [6, 6.07) is 13.4. The Morgan fingerprint density at radius 1 is 1.11 bits per heavy atom. The number of hydrogen-bond donors (Lipinski definition) is 3. The number of nitrogens with two attached hydrogens (primary N) is 1. The number of aromatic hydroxyl groups is 1. The second kappa shape index (κ2) is 15.7. The summed E-state index contributed by atoms with van der Waals surface area (Å²) in [6.07, 6.45) is 2.19. The number of nitrogens with zero attached hydrogens (tertiary/aromatic N) is 6. The fourth-order valence-electron chi connectivity index (χ4n) is 5.21. The van der Waals surface area contributed by atoms with Gasteiger partial charge in [-0.05, 0) is 66.0 Å². The molecule has 4 rings (SSSR count). The molecule has 280 valence electrons. The number of anilines is 1. The minimum absolute atomic E-state index is 0.0221. The lowest BCUT2D eigenvalue weighted by Crippen LogP contribution is -2.33. The van der Waals surface area contributed by atoms with Crippen LogP contribution in [0.5, 0.6) is 11.5 Å². The number of nitriles is 1. The average Bonchev–Trinajstić information content (AvgIpc) is 3.53. The molecule has 0 saturated carbocycles. The number of nitro groups is 1. The van der Waals surface area contributed by atoms with Gasteiger partial charge in [-0.15, -0.1) is 10.2 Å². The number of nitrogens with one attached hydrogen (secondary N) is 1. The van der Waals surface area contributed by atoms with Crippen LogP contribution in [0, 0.1) is 21.4 Å². The third-order valence-corrected chi connectivity index (χ3v) is 10.5. The van der Waals surface area contributed by atoms with E-state index in [0.29, 0.717) is 12.2 Å². The Morgan fingerprint density at radius 2 is 1.79 bits per heavy atom. The normalized spacial score (nSPS) is 12.8. The molecule has 15 nitrogen and oxygen atoms in total. The maximum atomic E-state index is 13.6. The molecule has 0 aliphatic rings. The topological polar surface area (TPSA) is 228 Å². The molecule has 1 aromatic heterocycles. The van der Waals surface area contributed by atoms with Gasteiger partial charge >= 0.3 is 0 Å². The first-order chi connectivity index (χ1) is 24.8. The molecule has 4 N–H and O–H groups in total. The number of phenols is 1. The van der Waals surface area contributed by atoms with Gasteiger partial charge in [0.15, 0.2) is 17.7 Å². The van der Waals surface area contributed by atoms with Crippen molar-refractivity contribution in [1.29, 1.82) is 5.26 Å². The SMILES string of the molecule is CCC(Oc1ccc(C(C)(C)CC)cc1C(C)(C)CC)C(=O)Nc1cc(N=Nc2c(C#N)cnn2-c2ccc(S(N)(=O)=O)cc2[N+](=O)[O-])cc(Cl)c1O. The fourth-order valence-corrected chi connectivity index (χ4v) is 5.95. The number of primary sulfonamides is 1. The Kier molecular flexibility index (Phi) is 12.0. The monoisotopic (exact) mass is 764 g/mol. The van der Waals surface area contributed by atoms with E-state index >= 15 is 0 Å². The number of aromatic nitrogens is 2. The van der Waals surface area contributed by atoms with Crippen LogP contribution in [0.4, 0.5) is 22.9 Å². The predicted molar refractivity (Wildman–Crippen MR) is 200 cm³/mol. The summed E-state index contributed by atoms with van der Waals surface area (Å²) >= 11 is 6.31. The molecule has 0 aliphatic heterocycles. The summed E-state index contributed by atoms with van der Waals surface area (Å²) in [4.78, 5) is 24.2. The molecule has 1 atom stereocenters. The Labute approximate surface area is 312 Å². The lowest BCUT2D eigenvalue weighted by Gasteiger charge is -2.31. The number of sulfonamides is 1. The standard InChI is InChI=1S/C36H41ClN8O7S/c1-8-30(52-31-14-11-22(35(4,5)9-2)15-25(31)36(6,7)10-3)34(47)41-27-17-23(16-26(37)32(27)46)42-43-33-21(19-38)20-40-44(33)28-13-12-24(53(39,50)51)18-29(28)45(48)49/h11-18,20,30,46H,8-10H2,1-7H3,(H,41,47)(H2,39,50,51). The highest BCUT2D eigenvalue weighted by atomic mass is 35.5. The molecule has 0 saturated heterocycles. The summed E-state index contributed by atoms with van der Waals surface area (Å²) in [6.45, 7) is 14.6. The Hall–Kier alpha value is -5.37. The van der Waals surface area contributed by atoms with Crippen LogP contribution < -0.4 is 15.2 Å². The molecule has 1 amide bonds. The molecular formula is C36H41ClN8O7S. The first-order valence-corrected chi connectivity index (χ1v) is 18.6. The van der Waals surface area contributed by atoms with E-state index in [2.05, 4.69) is 68.3 Å². The third-order valence-electron chi connectivity index (χ3n) is 9.32. The van der Waals surface area contributed by atoms with E-state index in [0.717, 1.165) is 53.0 Å². The summed E-state index contributed by atoms with van der Waals surface area (Å²) in [5.41, 5.74) is 0.700. The van der Waals surface area contributed by atoms with Crippen LogP contribution >= 0.6 is 11.6 Å². The van der Waals surface area contributed by atoms with Gasteiger partial charge in [0.25, 0.3) is 11.6 Å². The van der Waals surface area contributed by atoms with Gasteiger partial charge < -0.3 is 15.2 Å². The van der Waals surface area contributed by atoms with E-state index in [1.807, 2.05) is 18.2 Å². The number of azo groups is 1. The van der Waals surface area contributed by atoms with Crippen LogP contribution in [0.3, 0.4) is 0 Å². The van der Waals surface area contributed by atoms with Gasteiger partial charge in [0.2, 0.25) is 10.0 Å². The number of nitro benzene ring substituents is 1. The highest BCUT2D eigenvalue weighted by molar-refractivity contribution is 7.89. The van der Waals surface area contributed by atoms with Gasteiger partial charge in [-0.1, -0.05) is 72.2 Å². The summed E-state index contributed by atoms with van der Waals surface area (Å²) in [7, 11) is -4.27. The maximum absolute atomic E-state index is 13.6. The lowest BCUT2D eigenvalue weighted by atomic mass is 9.76. The van der Waals surface area contributed by atoms with Crippen LogP contribution in [-0.2, 0) is 25.6 Å². The number of carbonyl (C=O) groups is 1. The van der Waals surface area contributed by atoms with Crippen molar-refractivity contribution in [2.75, 3.05) is 5.32 Å². The molecular weight excluding hydrogens is 724 g/mol. The number of hydrogen-bond acceptors (Lipinski definition) is 11. The predicted octanol–water partition coefficient (Wildman–Crippen LogP) is 8.25. The summed E-state index contributed by atoms with van der Waals surface area (Å²) in [5, 5.41) is 52.2. The quantitative estimate of drug-likeness (QED) is 0.0485. The second-order valence-electron chi connectivity index (χ2n) is 13.6. The van der Waals surface area contributed by atoms with E-state index in [-0.39, 0.29) is 44.3 Å². The van der Waals surface area contributed by atoms with Crippen LogP contribution in [-0.4, -0.2) is 40.2 Å². The molecule has 0 aliphatic carbocycles. The van der Waals surface area contributed by atoms with Crippen molar-refractivity contribution in [3.8, 4) is 23.3 Å². The maximum Gasteiger partial charge on any atom is 0.296 e. The molecule has 4 aromatic rings. The molecule has 0 radical (unpaired) electrons. The first kappa shape index (κ1) is 40.4. The third kappa shape index (κ3) is 8.82. The van der Waals surface area contributed by atoms with Gasteiger partial charge in [-0.2, -0.15) is 10.4 Å². The van der Waals surface area contributed by atoms with Crippen molar-refractivity contribution in [3.63, 3.8) is 0 Å². The number of halogens is 1. The second-order valence-corrected chi connectivity index (χ2v) is 15.5. The van der Waals surface area contributed by atoms with E-state index in [1.54, 1.807) is 6.92 Å². The molecule has 1 unspecified atom stereocenters. The van der Waals surface area contributed by atoms with Gasteiger partial charge in [-0.3, -0.25) is 14.9 Å². The van der Waals surface area contributed by atoms with Gasteiger partial charge in [-0.25, -0.2) is 18.2 Å². The largest absolute Gasteiger partial charge is 0.504 e. The zero-order valence-corrected chi connectivity index (χ0v) is 31.9. The van der Waals surface area contributed by atoms with E-state index in [1.165, 1.54) is 12.1 Å². The highest BCUT2D eigenvalue weighted by Crippen LogP contribution is 2.41. The minimum atomic E-state index is -4.27. The van der Waals surface area contributed by atoms with Crippen molar-refractivity contribution < 1.29 is 28.0 Å². The van der Waals surface area contributed by atoms with Crippen LogP contribution in [0.2, 0.25) is 5.02 Å². The van der Waals surface area contributed by atoms with Gasteiger partial charge in [0.05, 0.1) is 32.4 Å². The highest BCUT2D eigenvalue weighted by Gasteiger charge is 2.30. The fraction of sp³-hybridized carbons (Fsp3) is 0.361. The number of carbonyl (C=O) groups excluding carboxylic acids is 1. The first-order valence-electron chi connectivity index (χ1n) is 16.6. The lowest BCUT2D eigenvalue weighted by molar-refractivity contribution is -0.384. The Morgan fingerprint density at radius 3 is 2.38 bits per heavy atom. The smallest absolute Gasteiger partial charge is 0.296 e. The van der Waals surface area contributed by atoms with Gasteiger partial charge in [0.1, 0.15) is 23.1 Å². The number of amides is 1. The van der Waals surface area contributed by atoms with Crippen molar-refractivity contribution in [2.24, 2.45) is 15.4 Å². The minimum Gasteiger partial charge on any atom is -0.504 e. The molecule has 3 aromatic carbocycles.